The van der Waals surface area contributed by atoms with Gasteiger partial charge in [-0.25, -0.2) is 0 Å². The Morgan fingerprint density at radius 2 is 1.82 bits per heavy atom. The smallest absolute Gasteiger partial charge is 0.275 e. The molecule has 0 radical (unpaired) electrons. The minimum Gasteiger partial charge on any atom is -0.495 e. The highest BCUT2D eigenvalue weighted by molar-refractivity contribution is 5.77. The number of hydrogen-bond donors (Lipinski definition) is 2. The van der Waals surface area contributed by atoms with E-state index < -0.39 is 0 Å². The van der Waals surface area contributed by atoms with Gasteiger partial charge in [0.25, 0.3) is 5.91 Å². The lowest BCUT2D eigenvalue weighted by Crippen LogP contribution is -3.16. The van der Waals surface area contributed by atoms with Crippen LogP contribution in [0.15, 0.2) is 48.5 Å². The van der Waals surface area contributed by atoms with E-state index in [4.69, 9.17) is 4.74 Å². The van der Waals surface area contributed by atoms with Gasteiger partial charge in [0.15, 0.2) is 6.54 Å². The lowest BCUT2D eigenvalue weighted by Gasteiger charge is -2.34. The van der Waals surface area contributed by atoms with E-state index in [2.05, 4.69) is 54.4 Å². The highest BCUT2D eigenvalue weighted by Crippen LogP contribution is 2.27. The predicted octanol–water partition coefficient (Wildman–Crippen LogP) is 1.98. The van der Waals surface area contributed by atoms with E-state index in [1.807, 2.05) is 18.2 Å². The molecule has 0 saturated carbocycles. The zero-order valence-corrected chi connectivity index (χ0v) is 17.2. The van der Waals surface area contributed by atoms with Crippen molar-refractivity contribution in [2.75, 3.05) is 44.7 Å². The Kier molecular flexibility index (Phi) is 6.93. The summed E-state index contributed by atoms with van der Waals surface area (Å²) >= 11 is 0. The monoisotopic (exact) mass is 382 g/mol. The van der Waals surface area contributed by atoms with Gasteiger partial charge in [0.1, 0.15) is 5.75 Å². The number of nitrogens with one attached hydrogen (secondary N) is 2. The molecule has 0 spiro atoms. The van der Waals surface area contributed by atoms with Crippen LogP contribution in [-0.4, -0.2) is 45.7 Å². The van der Waals surface area contributed by atoms with E-state index in [1.54, 1.807) is 7.11 Å². The van der Waals surface area contributed by atoms with Gasteiger partial charge in [-0.1, -0.05) is 48.9 Å². The van der Waals surface area contributed by atoms with Gasteiger partial charge in [0.2, 0.25) is 0 Å². The topological polar surface area (TPSA) is 46.0 Å². The Morgan fingerprint density at radius 1 is 1.14 bits per heavy atom. The molecule has 1 aliphatic rings. The molecule has 0 bridgehead atoms. The Labute approximate surface area is 168 Å². The summed E-state index contributed by atoms with van der Waals surface area (Å²) in [4.78, 5) is 16.3. The van der Waals surface area contributed by atoms with Crippen LogP contribution in [0.2, 0.25) is 0 Å². The summed E-state index contributed by atoms with van der Waals surface area (Å²) in [5.74, 6) is 1.04. The number of ether oxygens (including phenoxy) is 1. The molecule has 1 fully saturated rings. The maximum absolute atomic E-state index is 12.6. The average molecular weight is 383 g/mol. The van der Waals surface area contributed by atoms with E-state index in [1.165, 1.54) is 16.0 Å². The van der Waals surface area contributed by atoms with Crippen LogP contribution in [-0.2, 0) is 4.79 Å². The maximum Gasteiger partial charge on any atom is 0.275 e. The van der Waals surface area contributed by atoms with Gasteiger partial charge in [0.05, 0.1) is 45.0 Å². The summed E-state index contributed by atoms with van der Waals surface area (Å²) in [5, 5.41) is 3.22. The first-order chi connectivity index (χ1) is 13.6. The molecule has 2 aromatic carbocycles. The van der Waals surface area contributed by atoms with Gasteiger partial charge in [0, 0.05) is 0 Å². The normalized spacial score (nSPS) is 15.9. The van der Waals surface area contributed by atoms with Gasteiger partial charge in [-0.2, -0.15) is 0 Å². The molecule has 3 rings (SSSR count). The number of para-hydroxylation sites is 2. The quantitative estimate of drug-likeness (QED) is 0.770. The summed E-state index contributed by atoms with van der Waals surface area (Å²) < 4.78 is 5.48. The van der Waals surface area contributed by atoms with Gasteiger partial charge < -0.3 is 19.9 Å². The third kappa shape index (κ3) is 5.04. The van der Waals surface area contributed by atoms with Crippen LogP contribution in [0.25, 0.3) is 0 Å². The van der Waals surface area contributed by atoms with Crippen LogP contribution >= 0.6 is 0 Å². The van der Waals surface area contributed by atoms with Crippen molar-refractivity contribution in [1.82, 2.24) is 5.32 Å². The number of rotatable bonds is 7. The van der Waals surface area contributed by atoms with E-state index >= 15 is 0 Å². The molecule has 1 heterocycles. The summed E-state index contributed by atoms with van der Waals surface area (Å²) in [6.45, 7) is 8.49. The molecule has 150 valence electrons. The maximum atomic E-state index is 12.6. The molecule has 2 aromatic rings. The van der Waals surface area contributed by atoms with Crippen LogP contribution in [0.4, 0.5) is 5.69 Å². The minimum absolute atomic E-state index is 0.0855. The molecule has 1 amide bonds. The Morgan fingerprint density at radius 3 is 2.46 bits per heavy atom. The van der Waals surface area contributed by atoms with E-state index in [9.17, 15) is 4.79 Å². The lowest BCUT2D eigenvalue weighted by molar-refractivity contribution is -0.892. The van der Waals surface area contributed by atoms with Gasteiger partial charge in [-0.3, -0.25) is 4.79 Å². The molecule has 2 N–H and O–H groups in total. The number of anilines is 1. The Balaban J connectivity index is 1.51. The molecular formula is C23H32N3O2+. The second kappa shape index (κ2) is 9.60. The highest BCUT2D eigenvalue weighted by atomic mass is 16.5. The molecule has 28 heavy (non-hydrogen) atoms. The van der Waals surface area contributed by atoms with Crippen molar-refractivity contribution in [2.24, 2.45) is 0 Å². The number of piperazine rings is 1. The van der Waals surface area contributed by atoms with Crippen LogP contribution in [0.1, 0.15) is 30.5 Å². The van der Waals surface area contributed by atoms with Crippen molar-refractivity contribution in [3.63, 3.8) is 0 Å². The van der Waals surface area contributed by atoms with Gasteiger partial charge >= 0.3 is 0 Å². The highest BCUT2D eigenvalue weighted by Gasteiger charge is 2.24. The fourth-order valence-electron chi connectivity index (χ4n) is 3.82. The fraction of sp³-hybridized carbons (Fsp3) is 0.435. The summed E-state index contributed by atoms with van der Waals surface area (Å²) in [6.07, 6.45) is 0.895. The first-order valence-corrected chi connectivity index (χ1v) is 10.2. The fourth-order valence-corrected chi connectivity index (χ4v) is 3.82. The molecule has 1 atom stereocenters. The SMILES string of the molecule is CC[C@@H](NC(=O)C[NH+]1CCN(c2ccccc2OC)CC1)c1ccc(C)cc1. The second-order valence-corrected chi connectivity index (χ2v) is 7.52. The molecule has 1 aliphatic heterocycles. The minimum atomic E-state index is 0.0855. The third-order valence-electron chi connectivity index (χ3n) is 5.53. The standard InChI is InChI=1S/C23H31N3O2/c1-4-20(19-11-9-18(2)10-12-19)24-23(27)17-25-13-15-26(16-14-25)21-7-5-6-8-22(21)28-3/h5-12,20H,4,13-17H2,1-3H3,(H,24,27)/p+1/t20-/m1/s1. The first-order valence-electron chi connectivity index (χ1n) is 10.2. The third-order valence-corrected chi connectivity index (χ3v) is 5.53. The van der Waals surface area contributed by atoms with E-state index in [-0.39, 0.29) is 11.9 Å². The number of hydrogen-bond acceptors (Lipinski definition) is 3. The Hall–Kier alpha value is -2.53. The van der Waals surface area contributed by atoms with Crippen molar-refractivity contribution in [3.05, 3.63) is 59.7 Å². The number of quaternary nitrogens is 1. The average Bonchev–Trinajstić information content (AvgIpc) is 2.73. The zero-order chi connectivity index (χ0) is 19.9. The van der Waals surface area contributed by atoms with Crippen molar-refractivity contribution in [3.8, 4) is 5.75 Å². The van der Waals surface area contributed by atoms with Crippen molar-refractivity contribution < 1.29 is 14.4 Å². The summed E-state index contributed by atoms with van der Waals surface area (Å²) in [7, 11) is 1.71. The molecule has 0 unspecified atom stereocenters. The van der Waals surface area contributed by atoms with Gasteiger partial charge in [-0.15, -0.1) is 0 Å². The predicted molar refractivity (Wildman–Crippen MR) is 113 cm³/mol. The molecule has 5 nitrogen and oxygen atoms in total. The van der Waals surface area contributed by atoms with Crippen LogP contribution in [0.3, 0.4) is 0 Å². The van der Waals surface area contributed by atoms with E-state index in [0.29, 0.717) is 6.54 Å². The van der Waals surface area contributed by atoms with E-state index in [0.717, 1.165) is 44.0 Å². The number of benzene rings is 2. The summed E-state index contributed by atoms with van der Waals surface area (Å²) in [5.41, 5.74) is 3.55. The van der Waals surface area contributed by atoms with Gasteiger partial charge in [-0.05, 0) is 31.0 Å². The molecule has 1 saturated heterocycles. The zero-order valence-electron chi connectivity index (χ0n) is 17.2. The molecule has 5 heteroatoms. The van der Waals surface area contributed by atoms with Crippen molar-refractivity contribution >= 4 is 11.6 Å². The number of carbonyl (C=O) groups excluding carboxylic acids is 1. The van der Waals surface area contributed by atoms with Crippen LogP contribution in [0, 0.1) is 6.92 Å². The number of amides is 1. The first kappa shape index (κ1) is 20.2. The molecule has 0 aliphatic carbocycles. The van der Waals surface area contributed by atoms with Crippen LogP contribution in [0.5, 0.6) is 5.75 Å². The number of methoxy groups -OCH3 is 1. The van der Waals surface area contributed by atoms with Crippen LogP contribution < -0.4 is 19.9 Å². The number of aryl methyl sites for hydroxylation is 1. The number of nitrogens with zero attached hydrogens (tertiary/aromatic N) is 1. The Bertz CT molecular complexity index is 768. The van der Waals surface area contributed by atoms with Crippen molar-refractivity contribution in [1.29, 1.82) is 0 Å². The summed E-state index contributed by atoms with van der Waals surface area (Å²) in [6, 6.07) is 16.7. The largest absolute Gasteiger partial charge is 0.495 e. The van der Waals surface area contributed by atoms with Crippen molar-refractivity contribution in [2.45, 2.75) is 26.3 Å². The lowest BCUT2D eigenvalue weighted by atomic mass is 10.0. The second-order valence-electron chi connectivity index (χ2n) is 7.52. The molecule has 0 aromatic heterocycles. The molecular weight excluding hydrogens is 350 g/mol. The number of carbonyl (C=O) groups is 1.